The van der Waals surface area contributed by atoms with Crippen LogP contribution in [0.4, 0.5) is 11.4 Å². The Kier molecular flexibility index (Phi) is 5.64. The molecule has 1 heterocycles. The van der Waals surface area contributed by atoms with Crippen molar-refractivity contribution in [2.75, 3.05) is 36.6 Å². The summed E-state index contributed by atoms with van der Waals surface area (Å²) in [6.07, 6.45) is 0.470. The normalized spacial score (nSPS) is 16.4. The number of benzene rings is 2. The molecule has 1 N–H and O–H groups in total. The first-order valence-electron chi connectivity index (χ1n) is 8.59. The molecule has 1 aliphatic rings. The fraction of sp³-hybridized carbons (Fsp3) is 0.316. The van der Waals surface area contributed by atoms with E-state index in [0.717, 1.165) is 6.26 Å². The van der Waals surface area contributed by atoms with Crippen LogP contribution in [0.25, 0.3) is 0 Å². The molecule has 9 heteroatoms. The van der Waals surface area contributed by atoms with Crippen LogP contribution in [0.5, 0.6) is 17.2 Å². The molecule has 0 radical (unpaired) electrons. The Morgan fingerprint density at radius 3 is 2.61 bits per heavy atom. The Morgan fingerprint density at radius 1 is 1.18 bits per heavy atom. The van der Waals surface area contributed by atoms with Gasteiger partial charge >= 0.3 is 0 Å². The number of hydrogen-bond acceptors (Lipinski definition) is 6. The third-order valence-corrected chi connectivity index (χ3v) is 5.54. The molecule has 1 atom stereocenters. The number of fused-ring (bicyclic) bond motifs is 1. The first-order chi connectivity index (χ1) is 13.3. The fourth-order valence-corrected chi connectivity index (χ4v) is 3.92. The molecule has 0 saturated heterocycles. The van der Waals surface area contributed by atoms with Crippen LogP contribution in [0.2, 0.25) is 0 Å². The van der Waals surface area contributed by atoms with Gasteiger partial charge in [0, 0.05) is 19.0 Å². The van der Waals surface area contributed by atoms with Crippen molar-refractivity contribution in [2.24, 2.45) is 0 Å². The number of rotatable bonds is 5. The lowest BCUT2D eigenvalue weighted by atomic mass is 10.2. The van der Waals surface area contributed by atoms with E-state index < -0.39 is 22.0 Å². The minimum Gasteiger partial charge on any atom is -0.497 e. The Bertz CT molecular complexity index is 976. The average Bonchev–Trinajstić information content (AvgIpc) is 2.88. The van der Waals surface area contributed by atoms with E-state index in [2.05, 4.69) is 5.32 Å². The quantitative estimate of drug-likeness (QED) is 0.819. The van der Waals surface area contributed by atoms with Crippen molar-refractivity contribution in [3.8, 4) is 17.2 Å². The lowest BCUT2D eigenvalue weighted by Gasteiger charge is -2.20. The third kappa shape index (κ3) is 4.14. The van der Waals surface area contributed by atoms with Crippen LogP contribution in [0.3, 0.4) is 0 Å². The molecule has 2 aromatic carbocycles. The second-order valence-electron chi connectivity index (χ2n) is 6.25. The zero-order chi connectivity index (χ0) is 20.3. The summed E-state index contributed by atoms with van der Waals surface area (Å²) in [5, 5.41) is 2.78. The van der Waals surface area contributed by atoms with Gasteiger partial charge in [-0.05, 0) is 24.3 Å². The van der Waals surface area contributed by atoms with Gasteiger partial charge in [0.1, 0.15) is 17.2 Å². The average molecular weight is 406 g/mol. The molecule has 3 rings (SSSR count). The highest BCUT2D eigenvalue weighted by atomic mass is 32.2. The van der Waals surface area contributed by atoms with E-state index in [0.29, 0.717) is 28.6 Å². The summed E-state index contributed by atoms with van der Waals surface area (Å²) in [7, 11) is -0.469. The monoisotopic (exact) mass is 406 g/mol. The molecular weight excluding hydrogens is 384 g/mol. The molecule has 0 aromatic heterocycles. The van der Waals surface area contributed by atoms with Crippen LogP contribution in [-0.4, -0.2) is 47.4 Å². The SMILES string of the molecule is COc1ccc(NC(=O)[C@H]2CCN(S(C)(=O)=O)c3ccccc3O2)c(OC)c1. The smallest absolute Gasteiger partial charge is 0.265 e. The van der Waals surface area contributed by atoms with E-state index in [-0.39, 0.29) is 13.0 Å². The number of ether oxygens (including phenoxy) is 3. The van der Waals surface area contributed by atoms with Crippen LogP contribution in [-0.2, 0) is 14.8 Å². The van der Waals surface area contributed by atoms with Crippen molar-refractivity contribution in [1.82, 2.24) is 0 Å². The predicted octanol–water partition coefficient (Wildman–Crippen LogP) is 2.26. The maximum absolute atomic E-state index is 12.8. The summed E-state index contributed by atoms with van der Waals surface area (Å²) in [6.45, 7) is 0.133. The van der Waals surface area contributed by atoms with Gasteiger partial charge < -0.3 is 19.5 Å². The summed E-state index contributed by atoms with van der Waals surface area (Å²) in [4.78, 5) is 12.8. The highest BCUT2D eigenvalue weighted by Crippen LogP contribution is 2.34. The number of para-hydroxylation sites is 2. The van der Waals surface area contributed by atoms with E-state index in [1.165, 1.54) is 18.5 Å². The molecule has 150 valence electrons. The number of anilines is 2. The molecule has 0 unspecified atom stereocenters. The Morgan fingerprint density at radius 2 is 1.93 bits per heavy atom. The number of carbonyl (C=O) groups excluding carboxylic acids is 1. The highest BCUT2D eigenvalue weighted by Gasteiger charge is 2.31. The number of sulfonamides is 1. The summed E-state index contributed by atoms with van der Waals surface area (Å²) < 4.78 is 41.9. The summed E-state index contributed by atoms with van der Waals surface area (Å²) >= 11 is 0. The molecule has 0 bridgehead atoms. The lowest BCUT2D eigenvalue weighted by Crippen LogP contribution is -2.36. The van der Waals surface area contributed by atoms with Crippen LogP contribution < -0.4 is 23.8 Å². The zero-order valence-electron chi connectivity index (χ0n) is 15.8. The van der Waals surface area contributed by atoms with Gasteiger partial charge in [-0.3, -0.25) is 9.10 Å². The van der Waals surface area contributed by atoms with Crippen LogP contribution in [0.15, 0.2) is 42.5 Å². The Hall–Kier alpha value is -2.94. The minimum atomic E-state index is -3.50. The molecule has 0 fully saturated rings. The zero-order valence-corrected chi connectivity index (χ0v) is 16.7. The van der Waals surface area contributed by atoms with Crippen molar-refractivity contribution in [3.63, 3.8) is 0 Å². The number of hydrogen-bond donors (Lipinski definition) is 1. The van der Waals surface area contributed by atoms with Crippen molar-refractivity contribution < 1.29 is 27.4 Å². The minimum absolute atomic E-state index is 0.133. The maximum atomic E-state index is 12.8. The first-order valence-corrected chi connectivity index (χ1v) is 10.4. The molecule has 0 spiro atoms. The van der Waals surface area contributed by atoms with Crippen molar-refractivity contribution in [3.05, 3.63) is 42.5 Å². The van der Waals surface area contributed by atoms with E-state index in [4.69, 9.17) is 14.2 Å². The van der Waals surface area contributed by atoms with E-state index in [1.54, 1.807) is 42.5 Å². The summed E-state index contributed by atoms with van der Waals surface area (Å²) in [5.74, 6) is 0.985. The maximum Gasteiger partial charge on any atom is 0.265 e. The molecule has 1 amide bonds. The van der Waals surface area contributed by atoms with Crippen LogP contribution in [0.1, 0.15) is 6.42 Å². The van der Waals surface area contributed by atoms with Gasteiger partial charge in [0.15, 0.2) is 6.10 Å². The van der Waals surface area contributed by atoms with Crippen molar-refractivity contribution in [1.29, 1.82) is 0 Å². The predicted molar refractivity (Wildman–Crippen MR) is 106 cm³/mol. The second-order valence-corrected chi connectivity index (χ2v) is 8.16. The molecular formula is C19H22N2O6S. The summed E-state index contributed by atoms with van der Waals surface area (Å²) in [6, 6.07) is 11.8. The fourth-order valence-electron chi connectivity index (χ4n) is 2.97. The number of amides is 1. The second kappa shape index (κ2) is 7.97. The number of nitrogens with zero attached hydrogens (tertiary/aromatic N) is 1. The Balaban J connectivity index is 1.85. The number of carbonyl (C=O) groups is 1. The van der Waals surface area contributed by atoms with Gasteiger partial charge in [-0.25, -0.2) is 8.42 Å². The van der Waals surface area contributed by atoms with Crippen LogP contribution in [0, 0.1) is 0 Å². The highest BCUT2D eigenvalue weighted by molar-refractivity contribution is 7.92. The lowest BCUT2D eigenvalue weighted by molar-refractivity contribution is -0.122. The molecule has 8 nitrogen and oxygen atoms in total. The van der Waals surface area contributed by atoms with Crippen molar-refractivity contribution >= 4 is 27.3 Å². The van der Waals surface area contributed by atoms with Gasteiger partial charge in [0.2, 0.25) is 10.0 Å². The number of methoxy groups -OCH3 is 2. The van der Waals surface area contributed by atoms with Crippen molar-refractivity contribution in [2.45, 2.75) is 12.5 Å². The van der Waals surface area contributed by atoms with E-state index in [9.17, 15) is 13.2 Å². The van der Waals surface area contributed by atoms with Gasteiger partial charge in [-0.15, -0.1) is 0 Å². The van der Waals surface area contributed by atoms with Gasteiger partial charge in [0.05, 0.1) is 31.9 Å². The standard InChI is InChI=1S/C19H22N2O6S/c1-25-13-8-9-14(18(12-13)26-2)20-19(22)17-10-11-21(28(3,23)24)15-6-4-5-7-16(15)27-17/h4-9,12,17H,10-11H2,1-3H3,(H,20,22)/t17-/m1/s1. The van der Waals surface area contributed by atoms with E-state index >= 15 is 0 Å². The summed E-state index contributed by atoms with van der Waals surface area (Å²) in [5.41, 5.74) is 0.886. The van der Waals surface area contributed by atoms with Gasteiger partial charge in [-0.2, -0.15) is 0 Å². The molecule has 1 aliphatic heterocycles. The molecule has 2 aromatic rings. The largest absolute Gasteiger partial charge is 0.497 e. The molecule has 28 heavy (non-hydrogen) atoms. The topological polar surface area (TPSA) is 94.2 Å². The first kappa shape index (κ1) is 19.8. The number of nitrogens with one attached hydrogen (secondary N) is 1. The van der Waals surface area contributed by atoms with E-state index in [1.807, 2.05) is 0 Å². The van der Waals surface area contributed by atoms with Crippen LogP contribution >= 0.6 is 0 Å². The molecule has 0 aliphatic carbocycles. The van der Waals surface area contributed by atoms with Gasteiger partial charge in [0.25, 0.3) is 5.91 Å². The molecule has 0 saturated carbocycles. The third-order valence-electron chi connectivity index (χ3n) is 4.36. The van der Waals surface area contributed by atoms with Gasteiger partial charge in [-0.1, -0.05) is 12.1 Å². The Labute approximate surface area is 164 Å².